The summed E-state index contributed by atoms with van der Waals surface area (Å²) in [4.78, 5) is 101. The molecule has 2 aromatic heterocycles. The summed E-state index contributed by atoms with van der Waals surface area (Å²) >= 11 is 5.39. The number of aliphatic carboxylic acids is 1. The van der Waals surface area contributed by atoms with Gasteiger partial charge in [0.05, 0.1) is 50.4 Å². The number of rotatable bonds is 24. The van der Waals surface area contributed by atoms with Gasteiger partial charge in [0.2, 0.25) is 17.8 Å². The molecule has 0 unspecified atom stereocenters. The van der Waals surface area contributed by atoms with Crippen molar-refractivity contribution in [1.82, 2.24) is 41.2 Å². The highest BCUT2D eigenvalue weighted by molar-refractivity contribution is 7.80. The maximum atomic E-state index is 12.8. The molecule has 3 aromatic carbocycles. The number of hydrogen-bond acceptors (Lipinski definition) is 17. The quantitative estimate of drug-likeness (QED) is 0.0235. The monoisotopic (exact) mass is 1030 g/mol. The van der Waals surface area contributed by atoms with Crippen LogP contribution in [0.1, 0.15) is 45.7 Å². The average Bonchev–Trinajstić information content (AvgIpc) is 3.37. The van der Waals surface area contributed by atoms with Crippen molar-refractivity contribution < 1.29 is 53.2 Å². The second-order valence-corrected chi connectivity index (χ2v) is 16.7. The lowest BCUT2D eigenvalue weighted by atomic mass is 9.90. The number of phenolic OH excluding ortho intramolecular Hbond substituents is 1. The zero-order valence-corrected chi connectivity index (χ0v) is 40.0. The predicted octanol–water partition coefficient (Wildman–Crippen LogP) is 2.79. The summed E-state index contributed by atoms with van der Waals surface area (Å²) in [5, 5.41) is 47.5. The number of thiocarbonyl (C=S) groups is 1. The number of anilines is 3. The second-order valence-electron chi connectivity index (χ2n) is 16.3. The lowest BCUT2D eigenvalue weighted by molar-refractivity contribution is -0.139. The van der Waals surface area contributed by atoms with Crippen LogP contribution in [-0.2, 0) is 30.4 Å². The molecule has 24 nitrogen and oxygen atoms in total. The number of amides is 3. The van der Waals surface area contributed by atoms with Crippen molar-refractivity contribution in [3.63, 3.8) is 0 Å². The SMILES string of the molecule is Nc1nc2ncc(CNc3ccc(C(=O)N[C@@H](CCC(=O)NCCOCCOCCC(=O)NCCNC(=S)Nc4ccc(-c5c6ccc(=O)cc-6oc6cc(O)ccc56)c(C(=O)O)c4)C(=O)O)cc3)nc2c(=O)[nH]1. The van der Waals surface area contributed by atoms with Gasteiger partial charge in [-0.2, -0.15) is 4.98 Å². The summed E-state index contributed by atoms with van der Waals surface area (Å²) in [5.41, 5.74) is 8.07. The van der Waals surface area contributed by atoms with Gasteiger partial charge in [0, 0.05) is 78.1 Å². The van der Waals surface area contributed by atoms with Gasteiger partial charge in [-0.05, 0) is 84.9 Å². The number of aromatic nitrogens is 4. The molecule has 7 rings (SSSR count). The molecule has 5 aromatic rings. The summed E-state index contributed by atoms with van der Waals surface area (Å²) in [6.45, 7) is 1.47. The van der Waals surface area contributed by atoms with E-state index in [1.807, 2.05) is 0 Å². The maximum absolute atomic E-state index is 12.8. The number of aromatic hydroxyl groups is 1. The van der Waals surface area contributed by atoms with Gasteiger partial charge in [-0.3, -0.25) is 29.0 Å². The van der Waals surface area contributed by atoms with E-state index >= 15 is 0 Å². The lowest BCUT2D eigenvalue weighted by Crippen LogP contribution is -2.41. The first-order valence-corrected chi connectivity index (χ1v) is 23.2. The molecular formula is C49H49N11O13S. The third-order valence-corrected chi connectivity index (χ3v) is 11.2. The van der Waals surface area contributed by atoms with Gasteiger partial charge in [-0.15, -0.1) is 0 Å². The van der Waals surface area contributed by atoms with Gasteiger partial charge in [0.15, 0.2) is 21.7 Å². The lowest BCUT2D eigenvalue weighted by Gasteiger charge is -2.18. The van der Waals surface area contributed by atoms with Crippen LogP contribution in [0.5, 0.6) is 5.75 Å². The van der Waals surface area contributed by atoms with Gasteiger partial charge in [0.1, 0.15) is 23.1 Å². The second kappa shape index (κ2) is 24.9. The van der Waals surface area contributed by atoms with E-state index in [0.717, 1.165) is 0 Å². The highest BCUT2D eigenvalue weighted by Gasteiger charge is 2.24. The van der Waals surface area contributed by atoms with Crippen molar-refractivity contribution in [2.45, 2.75) is 31.8 Å². The molecule has 0 fully saturated rings. The standard InChI is InChI=1S/C49H49N11O13S/c50-48-59-43-42(45(66)60-48)56-29(25-55-43)24-54-27-3-1-26(2-4-27)44(65)58-36(47(69)70)11-12-39(63)52-16-18-72-20-19-71-17-13-40(64)51-14-15-53-49(74)57-28-5-8-32(35(21-28)46(67)68)41-33-9-6-30(61)22-37(33)73-38-23-31(62)7-10-34(38)41/h1-10,21-23,25,36,54,61H,11-20,24H2,(H,51,64)(H,52,63)(H,58,65)(H,67,68)(H,69,70)(H2,53,57,74)(H3,50,55,59,60,66)/t36-/m0/s1. The van der Waals surface area contributed by atoms with E-state index in [1.54, 1.807) is 36.4 Å². The number of benzene rings is 4. The molecule has 3 heterocycles. The molecule has 384 valence electrons. The van der Waals surface area contributed by atoms with Crippen LogP contribution >= 0.6 is 12.2 Å². The van der Waals surface area contributed by atoms with Gasteiger partial charge < -0.3 is 66.8 Å². The first-order chi connectivity index (χ1) is 35.6. The number of hydrogen-bond donors (Lipinski definition) is 11. The van der Waals surface area contributed by atoms with Crippen molar-refractivity contribution in [2.75, 3.05) is 62.4 Å². The number of nitrogens with one attached hydrogen (secondary N) is 7. The summed E-state index contributed by atoms with van der Waals surface area (Å²) in [5.74, 6) is -3.77. The van der Waals surface area contributed by atoms with E-state index in [9.17, 15) is 48.9 Å². The summed E-state index contributed by atoms with van der Waals surface area (Å²) < 4.78 is 16.8. The molecule has 12 N–H and O–H groups in total. The number of nitrogens with two attached hydrogens (primary N) is 1. The fraction of sp³-hybridized carbons (Fsp3) is 0.245. The van der Waals surface area contributed by atoms with E-state index < -0.39 is 35.4 Å². The fourth-order valence-electron chi connectivity index (χ4n) is 7.41. The first-order valence-electron chi connectivity index (χ1n) is 22.8. The average molecular weight is 1030 g/mol. The van der Waals surface area contributed by atoms with Gasteiger partial charge in [-0.25, -0.2) is 19.6 Å². The van der Waals surface area contributed by atoms with Crippen molar-refractivity contribution in [3.8, 4) is 28.2 Å². The summed E-state index contributed by atoms with van der Waals surface area (Å²) in [6.07, 6.45) is 1.19. The van der Waals surface area contributed by atoms with Crippen molar-refractivity contribution >= 4 is 86.4 Å². The molecule has 0 spiro atoms. The number of carbonyl (C=O) groups is 5. The molecule has 1 atom stereocenters. The van der Waals surface area contributed by atoms with Crippen molar-refractivity contribution in [1.29, 1.82) is 0 Å². The Kier molecular flexibility index (Phi) is 17.7. The van der Waals surface area contributed by atoms with Crippen LogP contribution in [0.4, 0.5) is 17.3 Å². The van der Waals surface area contributed by atoms with E-state index in [-0.39, 0.29) is 134 Å². The van der Waals surface area contributed by atoms with E-state index in [1.165, 1.54) is 48.7 Å². The zero-order chi connectivity index (χ0) is 52.7. The van der Waals surface area contributed by atoms with E-state index in [0.29, 0.717) is 39.1 Å². The normalized spacial score (nSPS) is 11.5. The Morgan fingerprint density at radius 2 is 1.50 bits per heavy atom. The van der Waals surface area contributed by atoms with Gasteiger partial charge in [-0.1, -0.05) is 6.07 Å². The van der Waals surface area contributed by atoms with Crippen LogP contribution in [0.2, 0.25) is 0 Å². The third kappa shape index (κ3) is 14.3. The number of aromatic amines is 1. The Morgan fingerprint density at radius 3 is 2.27 bits per heavy atom. The molecule has 0 saturated heterocycles. The molecule has 3 amide bonds. The smallest absolute Gasteiger partial charge is 0.336 e. The van der Waals surface area contributed by atoms with E-state index in [2.05, 4.69) is 51.8 Å². The highest BCUT2D eigenvalue weighted by atomic mass is 32.1. The number of carboxylic acids is 2. The number of aromatic carboxylic acids is 1. The van der Waals surface area contributed by atoms with Gasteiger partial charge in [0.25, 0.3) is 11.5 Å². The molecule has 1 aliphatic carbocycles. The molecule has 1 aliphatic heterocycles. The highest BCUT2D eigenvalue weighted by Crippen LogP contribution is 2.42. The first kappa shape index (κ1) is 52.7. The Hall–Kier alpha value is -9.07. The van der Waals surface area contributed by atoms with Crippen molar-refractivity contribution in [2.24, 2.45) is 0 Å². The molecule has 25 heteroatoms. The van der Waals surface area contributed by atoms with Crippen LogP contribution in [0.25, 0.3) is 44.6 Å². The number of carboxylic acid groups (broad SMARTS) is 2. The molecule has 2 aliphatic rings. The van der Waals surface area contributed by atoms with Crippen molar-refractivity contribution in [3.05, 3.63) is 122 Å². The number of H-pyrrole nitrogens is 1. The van der Waals surface area contributed by atoms with Crippen LogP contribution in [0.3, 0.4) is 0 Å². The van der Waals surface area contributed by atoms with Crippen LogP contribution in [0, 0.1) is 0 Å². The fourth-order valence-corrected chi connectivity index (χ4v) is 7.63. The Balaban J connectivity index is 0.726. The number of fused-ring (bicyclic) bond motifs is 3. The maximum Gasteiger partial charge on any atom is 0.336 e. The number of ether oxygens (including phenoxy) is 2. The molecule has 0 radical (unpaired) electrons. The number of nitrogens with zero attached hydrogens (tertiary/aromatic N) is 3. The van der Waals surface area contributed by atoms with E-state index in [4.69, 9.17) is 31.8 Å². The minimum atomic E-state index is -1.33. The Labute approximate surface area is 424 Å². The molecular weight excluding hydrogens is 983 g/mol. The van der Waals surface area contributed by atoms with Crippen LogP contribution in [0.15, 0.2) is 99.1 Å². The number of carbonyl (C=O) groups excluding carboxylic acids is 3. The molecule has 0 saturated carbocycles. The van der Waals surface area contributed by atoms with Crippen LogP contribution in [-0.4, -0.2) is 122 Å². The molecule has 74 heavy (non-hydrogen) atoms. The third-order valence-electron chi connectivity index (χ3n) is 11.0. The zero-order valence-electron chi connectivity index (χ0n) is 39.2. The summed E-state index contributed by atoms with van der Waals surface area (Å²) in [6, 6.07) is 18.3. The minimum Gasteiger partial charge on any atom is -0.508 e. The minimum absolute atomic E-state index is 0.0349. The summed E-state index contributed by atoms with van der Waals surface area (Å²) in [7, 11) is 0. The van der Waals surface area contributed by atoms with Crippen LogP contribution < -0.4 is 48.6 Å². The molecule has 0 bridgehead atoms. The topological polar surface area (TPSA) is 364 Å². The van der Waals surface area contributed by atoms with Gasteiger partial charge >= 0.3 is 11.9 Å². The Morgan fingerprint density at radius 1 is 0.784 bits per heavy atom. The Bertz CT molecular complexity index is 3310. The predicted molar refractivity (Wildman–Crippen MR) is 274 cm³/mol. The number of phenols is 1. The number of nitrogen functional groups attached to an aromatic ring is 1. The largest absolute Gasteiger partial charge is 0.508 e.